The van der Waals surface area contributed by atoms with Gasteiger partial charge in [-0.3, -0.25) is 4.79 Å². The Hall–Kier alpha value is -2.15. The van der Waals surface area contributed by atoms with Crippen LogP contribution in [0.2, 0.25) is 0 Å². The Labute approximate surface area is 140 Å². The van der Waals surface area contributed by atoms with Crippen LogP contribution in [0.3, 0.4) is 0 Å². The summed E-state index contributed by atoms with van der Waals surface area (Å²) in [5, 5.41) is 10.2. The number of carbonyl (C=O) groups excluding carboxylic acids is 1. The second kappa shape index (κ2) is 6.05. The van der Waals surface area contributed by atoms with E-state index in [0.717, 1.165) is 62.2 Å². The molecule has 128 valence electrons. The zero-order valence-electron chi connectivity index (χ0n) is 13.7. The predicted molar refractivity (Wildman–Crippen MR) is 90.7 cm³/mol. The third-order valence-corrected chi connectivity index (χ3v) is 5.41. The normalized spacial score (nSPS) is 24.2. The highest BCUT2D eigenvalue weighted by molar-refractivity contribution is 5.87. The molecule has 0 aliphatic carbocycles. The van der Waals surface area contributed by atoms with Gasteiger partial charge in [-0.1, -0.05) is 0 Å². The number of likely N-dealkylation sites (tertiary alicyclic amines) is 1. The molecular weight excluding hydrogens is 306 g/mol. The van der Waals surface area contributed by atoms with Crippen LogP contribution in [0.25, 0.3) is 11.0 Å². The van der Waals surface area contributed by atoms with E-state index in [4.69, 9.17) is 5.11 Å². The molecule has 1 unspecified atom stereocenters. The van der Waals surface area contributed by atoms with Crippen molar-refractivity contribution >= 4 is 22.8 Å². The minimum atomic E-state index is -0.113. The van der Waals surface area contributed by atoms with Crippen LogP contribution in [0.5, 0.6) is 0 Å². The van der Waals surface area contributed by atoms with E-state index in [-0.39, 0.29) is 24.5 Å². The molecule has 2 aliphatic rings. The van der Waals surface area contributed by atoms with E-state index in [1.54, 1.807) is 6.33 Å². The standard InChI is InChI=1S/C17H23N5O2/c23-10-4-14(24)22-9-2-6-17(22)5-1-8-21(11-17)16-13-3-7-18-15(13)19-12-20-16/h3,7,12,23H,1-2,4-6,8-11H2,(H,18,19,20). The number of carbonyl (C=O) groups is 1. The predicted octanol–water partition coefficient (Wildman–Crippen LogP) is 1.30. The van der Waals surface area contributed by atoms with Gasteiger partial charge in [0.2, 0.25) is 5.91 Å². The van der Waals surface area contributed by atoms with E-state index in [9.17, 15) is 4.79 Å². The number of anilines is 1. The highest BCUT2D eigenvalue weighted by Crippen LogP contribution is 2.39. The molecule has 1 spiro atoms. The molecule has 4 rings (SSSR count). The largest absolute Gasteiger partial charge is 0.396 e. The number of nitrogens with one attached hydrogen (secondary N) is 1. The lowest BCUT2D eigenvalue weighted by Gasteiger charge is -2.46. The molecule has 0 radical (unpaired) electrons. The quantitative estimate of drug-likeness (QED) is 0.886. The molecule has 2 aromatic heterocycles. The molecule has 4 heterocycles. The van der Waals surface area contributed by atoms with Crippen LogP contribution in [0, 0.1) is 0 Å². The number of rotatable bonds is 3. The first kappa shape index (κ1) is 15.4. The number of aliphatic hydroxyl groups excluding tert-OH is 1. The summed E-state index contributed by atoms with van der Waals surface area (Å²) in [5.41, 5.74) is 0.734. The lowest BCUT2D eigenvalue weighted by atomic mass is 9.86. The summed E-state index contributed by atoms with van der Waals surface area (Å²) >= 11 is 0. The van der Waals surface area contributed by atoms with Crippen LogP contribution in [0.4, 0.5) is 5.82 Å². The van der Waals surface area contributed by atoms with Crippen molar-refractivity contribution in [2.45, 2.75) is 37.6 Å². The molecular formula is C17H23N5O2. The Bertz CT molecular complexity index is 745. The van der Waals surface area contributed by atoms with Crippen molar-refractivity contribution < 1.29 is 9.90 Å². The van der Waals surface area contributed by atoms with Gasteiger partial charge in [0.1, 0.15) is 17.8 Å². The summed E-state index contributed by atoms with van der Waals surface area (Å²) in [7, 11) is 0. The fraction of sp³-hybridized carbons (Fsp3) is 0.588. The number of piperidine rings is 1. The van der Waals surface area contributed by atoms with Gasteiger partial charge < -0.3 is 19.9 Å². The number of aromatic nitrogens is 3. The maximum absolute atomic E-state index is 12.4. The highest BCUT2D eigenvalue weighted by Gasteiger charge is 2.46. The first-order valence-corrected chi connectivity index (χ1v) is 8.68. The number of amides is 1. The van der Waals surface area contributed by atoms with Gasteiger partial charge in [-0.15, -0.1) is 0 Å². The fourth-order valence-electron chi connectivity index (χ4n) is 4.39. The second-order valence-electron chi connectivity index (χ2n) is 6.81. The monoisotopic (exact) mass is 329 g/mol. The number of aliphatic hydroxyl groups is 1. The van der Waals surface area contributed by atoms with Crippen molar-refractivity contribution in [3.63, 3.8) is 0 Å². The summed E-state index contributed by atoms with van der Waals surface area (Å²) in [6.07, 6.45) is 7.84. The van der Waals surface area contributed by atoms with Gasteiger partial charge in [0.05, 0.1) is 17.5 Å². The Morgan fingerprint density at radius 3 is 2.96 bits per heavy atom. The number of hydrogen-bond donors (Lipinski definition) is 2. The molecule has 24 heavy (non-hydrogen) atoms. The average molecular weight is 329 g/mol. The van der Waals surface area contributed by atoms with E-state index in [1.165, 1.54) is 0 Å². The van der Waals surface area contributed by atoms with Crippen LogP contribution in [0.1, 0.15) is 32.1 Å². The third kappa shape index (κ3) is 2.43. The Balaban J connectivity index is 1.63. The summed E-state index contributed by atoms with van der Waals surface area (Å²) in [4.78, 5) is 28.7. The van der Waals surface area contributed by atoms with Gasteiger partial charge >= 0.3 is 0 Å². The number of hydrogen-bond acceptors (Lipinski definition) is 5. The summed E-state index contributed by atoms with van der Waals surface area (Å²) in [6, 6.07) is 2.01. The van der Waals surface area contributed by atoms with Crippen molar-refractivity contribution in [1.29, 1.82) is 0 Å². The Kier molecular flexibility index (Phi) is 3.88. The van der Waals surface area contributed by atoms with Crippen molar-refractivity contribution in [2.24, 2.45) is 0 Å². The van der Waals surface area contributed by atoms with Gasteiger partial charge in [0.25, 0.3) is 0 Å². The first-order chi connectivity index (χ1) is 11.7. The zero-order chi connectivity index (χ0) is 16.6. The number of H-pyrrole nitrogens is 1. The van der Waals surface area contributed by atoms with Crippen LogP contribution < -0.4 is 4.90 Å². The zero-order valence-corrected chi connectivity index (χ0v) is 13.7. The number of aromatic amines is 1. The minimum Gasteiger partial charge on any atom is -0.396 e. The molecule has 2 N–H and O–H groups in total. The summed E-state index contributed by atoms with van der Waals surface area (Å²) in [5.74, 6) is 1.02. The molecule has 0 bridgehead atoms. The van der Waals surface area contributed by atoms with Crippen molar-refractivity contribution in [1.82, 2.24) is 19.9 Å². The summed E-state index contributed by atoms with van der Waals surface area (Å²) in [6.45, 7) is 2.48. The maximum Gasteiger partial charge on any atom is 0.225 e. The summed E-state index contributed by atoms with van der Waals surface area (Å²) < 4.78 is 0. The molecule has 1 atom stereocenters. The number of nitrogens with zero attached hydrogens (tertiary/aromatic N) is 4. The van der Waals surface area contributed by atoms with E-state index >= 15 is 0 Å². The van der Waals surface area contributed by atoms with Crippen LogP contribution >= 0.6 is 0 Å². The molecule has 0 saturated carbocycles. The van der Waals surface area contributed by atoms with Crippen molar-refractivity contribution in [3.8, 4) is 0 Å². The number of fused-ring (bicyclic) bond motifs is 1. The Morgan fingerprint density at radius 2 is 2.12 bits per heavy atom. The van der Waals surface area contributed by atoms with Gasteiger partial charge in [-0.25, -0.2) is 9.97 Å². The van der Waals surface area contributed by atoms with Gasteiger partial charge in [-0.05, 0) is 31.7 Å². The van der Waals surface area contributed by atoms with E-state index < -0.39 is 0 Å². The molecule has 2 saturated heterocycles. The van der Waals surface area contributed by atoms with Crippen molar-refractivity contribution in [2.75, 3.05) is 31.1 Å². The SMILES string of the molecule is O=C(CCO)N1CCCC12CCCN(c1ncnc3[nH]ccc13)C2. The first-order valence-electron chi connectivity index (χ1n) is 8.68. The smallest absolute Gasteiger partial charge is 0.225 e. The molecule has 7 heteroatoms. The van der Waals surface area contributed by atoms with E-state index in [2.05, 4.69) is 19.9 Å². The molecule has 2 aliphatic heterocycles. The lowest BCUT2D eigenvalue weighted by molar-refractivity contribution is -0.136. The lowest BCUT2D eigenvalue weighted by Crippen LogP contribution is -2.57. The van der Waals surface area contributed by atoms with Crippen LogP contribution in [-0.4, -0.2) is 62.6 Å². The fourth-order valence-corrected chi connectivity index (χ4v) is 4.39. The topological polar surface area (TPSA) is 85.3 Å². The second-order valence-corrected chi connectivity index (χ2v) is 6.81. The van der Waals surface area contributed by atoms with Gasteiger partial charge in [0, 0.05) is 32.3 Å². The van der Waals surface area contributed by atoms with Gasteiger partial charge in [0.15, 0.2) is 0 Å². The maximum atomic E-state index is 12.4. The minimum absolute atomic E-state index is 0.0753. The molecule has 7 nitrogen and oxygen atoms in total. The van der Waals surface area contributed by atoms with E-state index in [0.29, 0.717) is 0 Å². The van der Waals surface area contributed by atoms with Gasteiger partial charge in [-0.2, -0.15) is 0 Å². The Morgan fingerprint density at radius 1 is 1.29 bits per heavy atom. The highest BCUT2D eigenvalue weighted by atomic mass is 16.3. The molecule has 1 amide bonds. The molecule has 2 aromatic rings. The average Bonchev–Trinajstić information content (AvgIpc) is 3.22. The van der Waals surface area contributed by atoms with Crippen molar-refractivity contribution in [3.05, 3.63) is 18.6 Å². The molecule has 2 fully saturated rings. The van der Waals surface area contributed by atoms with Crippen LogP contribution in [0.15, 0.2) is 18.6 Å². The van der Waals surface area contributed by atoms with Crippen LogP contribution in [-0.2, 0) is 4.79 Å². The third-order valence-electron chi connectivity index (χ3n) is 5.41. The van der Waals surface area contributed by atoms with E-state index in [1.807, 2.05) is 17.2 Å². The molecule has 0 aromatic carbocycles.